The Bertz CT molecular complexity index is 510. The molecule has 0 radical (unpaired) electrons. The molecule has 0 aliphatic heterocycles. The van der Waals surface area contributed by atoms with Crippen molar-refractivity contribution in [1.82, 2.24) is 15.5 Å². The van der Waals surface area contributed by atoms with Gasteiger partial charge in [-0.25, -0.2) is 4.39 Å². The van der Waals surface area contributed by atoms with Crippen LogP contribution in [0, 0.1) is 12.7 Å². The van der Waals surface area contributed by atoms with E-state index in [1.807, 2.05) is 13.8 Å². The zero-order valence-corrected chi connectivity index (χ0v) is 9.83. The molecule has 0 amide bonds. The van der Waals surface area contributed by atoms with E-state index >= 15 is 0 Å². The van der Waals surface area contributed by atoms with Gasteiger partial charge in [-0.15, -0.1) is 0 Å². The normalized spacial score (nSPS) is 10.8. The average molecular weight is 235 g/mol. The van der Waals surface area contributed by atoms with E-state index in [0.717, 1.165) is 12.1 Å². The monoisotopic (exact) mass is 235 g/mol. The fourth-order valence-corrected chi connectivity index (χ4v) is 1.48. The van der Waals surface area contributed by atoms with Crippen molar-refractivity contribution in [2.24, 2.45) is 0 Å². The SMILES string of the molecule is CCNCc1nc(-c2cc(C)ccc2F)no1. The highest BCUT2D eigenvalue weighted by molar-refractivity contribution is 5.56. The Morgan fingerprint density at radius 1 is 1.41 bits per heavy atom. The van der Waals surface area contributed by atoms with Crippen molar-refractivity contribution in [2.45, 2.75) is 20.4 Å². The van der Waals surface area contributed by atoms with Gasteiger partial charge in [-0.05, 0) is 25.6 Å². The van der Waals surface area contributed by atoms with Gasteiger partial charge in [0.2, 0.25) is 11.7 Å². The van der Waals surface area contributed by atoms with Crippen molar-refractivity contribution in [2.75, 3.05) is 6.54 Å². The maximum absolute atomic E-state index is 13.6. The maximum Gasteiger partial charge on any atom is 0.240 e. The third-order valence-electron chi connectivity index (χ3n) is 2.36. The quantitative estimate of drug-likeness (QED) is 0.883. The second-order valence-electron chi connectivity index (χ2n) is 3.78. The van der Waals surface area contributed by atoms with Crippen molar-refractivity contribution in [1.29, 1.82) is 0 Å². The Morgan fingerprint density at radius 3 is 3.00 bits per heavy atom. The van der Waals surface area contributed by atoms with E-state index in [-0.39, 0.29) is 5.82 Å². The van der Waals surface area contributed by atoms with Crippen LogP contribution in [0.4, 0.5) is 4.39 Å². The first-order valence-electron chi connectivity index (χ1n) is 5.50. The molecule has 1 aromatic heterocycles. The zero-order valence-electron chi connectivity index (χ0n) is 9.83. The Kier molecular flexibility index (Phi) is 3.49. The molecule has 0 aliphatic carbocycles. The number of aryl methyl sites for hydroxylation is 1. The largest absolute Gasteiger partial charge is 0.338 e. The lowest BCUT2D eigenvalue weighted by molar-refractivity contribution is 0.369. The average Bonchev–Trinajstić information content (AvgIpc) is 2.78. The van der Waals surface area contributed by atoms with Crippen molar-refractivity contribution in [3.8, 4) is 11.4 Å². The molecule has 0 fully saturated rings. The highest BCUT2D eigenvalue weighted by Gasteiger charge is 2.12. The number of aromatic nitrogens is 2. The predicted octanol–water partition coefficient (Wildman–Crippen LogP) is 2.29. The van der Waals surface area contributed by atoms with E-state index < -0.39 is 0 Å². The standard InChI is InChI=1S/C12H14FN3O/c1-3-14-7-11-15-12(16-17-11)9-6-8(2)4-5-10(9)13/h4-6,14H,3,7H2,1-2H3. The summed E-state index contributed by atoms with van der Waals surface area (Å²) < 4.78 is 18.6. The van der Waals surface area contributed by atoms with Gasteiger partial charge < -0.3 is 9.84 Å². The van der Waals surface area contributed by atoms with Gasteiger partial charge in [0, 0.05) is 0 Å². The summed E-state index contributed by atoms with van der Waals surface area (Å²) in [6.45, 7) is 5.19. The summed E-state index contributed by atoms with van der Waals surface area (Å²) in [4.78, 5) is 4.14. The fraction of sp³-hybridized carbons (Fsp3) is 0.333. The lowest BCUT2D eigenvalue weighted by atomic mass is 10.1. The summed E-state index contributed by atoms with van der Waals surface area (Å²) in [6.07, 6.45) is 0. The molecule has 1 N–H and O–H groups in total. The number of hydrogen-bond donors (Lipinski definition) is 1. The number of nitrogens with one attached hydrogen (secondary N) is 1. The minimum atomic E-state index is -0.341. The topological polar surface area (TPSA) is 51.0 Å². The summed E-state index contributed by atoms with van der Waals surface area (Å²) >= 11 is 0. The predicted molar refractivity (Wildman–Crippen MR) is 61.8 cm³/mol. The lowest BCUT2D eigenvalue weighted by Gasteiger charge is -1.98. The molecule has 5 heteroatoms. The molecule has 4 nitrogen and oxygen atoms in total. The molecular formula is C12H14FN3O. The zero-order chi connectivity index (χ0) is 12.3. The van der Waals surface area contributed by atoms with Gasteiger partial charge in [0.1, 0.15) is 5.82 Å². The smallest absolute Gasteiger partial charge is 0.240 e. The van der Waals surface area contributed by atoms with E-state index in [1.165, 1.54) is 6.07 Å². The molecule has 0 aliphatic rings. The molecule has 0 unspecified atom stereocenters. The summed E-state index contributed by atoms with van der Waals surface area (Å²) in [5.74, 6) is 0.410. The van der Waals surface area contributed by atoms with E-state index in [0.29, 0.717) is 23.8 Å². The summed E-state index contributed by atoms with van der Waals surface area (Å²) in [5.41, 5.74) is 1.33. The fourth-order valence-electron chi connectivity index (χ4n) is 1.48. The Labute approximate surface area is 98.8 Å². The molecule has 0 bridgehead atoms. The first-order valence-corrected chi connectivity index (χ1v) is 5.50. The van der Waals surface area contributed by atoms with Crippen molar-refractivity contribution < 1.29 is 8.91 Å². The summed E-state index contributed by atoms with van der Waals surface area (Å²) in [7, 11) is 0. The van der Waals surface area contributed by atoms with Crippen LogP contribution in [-0.4, -0.2) is 16.7 Å². The Balaban J connectivity index is 2.27. The minimum Gasteiger partial charge on any atom is -0.338 e. The first-order chi connectivity index (χ1) is 8.20. The van der Waals surface area contributed by atoms with Gasteiger partial charge in [-0.3, -0.25) is 0 Å². The van der Waals surface area contributed by atoms with Gasteiger partial charge >= 0.3 is 0 Å². The van der Waals surface area contributed by atoms with Crippen molar-refractivity contribution in [3.05, 3.63) is 35.5 Å². The second kappa shape index (κ2) is 5.05. The molecule has 1 heterocycles. The van der Waals surface area contributed by atoms with Crippen LogP contribution in [0.1, 0.15) is 18.4 Å². The molecule has 0 saturated carbocycles. The Hall–Kier alpha value is -1.75. The minimum absolute atomic E-state index is 0.291. The lowest BCUT2D eigenvalue weighted by Crippen LogP contribution is -2.11. The van der Waals surface area contributed by atoms with Crippen LogP contribution in [0.5, 0.6) is 0 Å². The molecule has 90 valence electrons. The van der Waals surface area contributed by atoms with Crippen LogP contribution in [0.2, 0.25) is 0 Å². The Morgan fingerprint density at radius 2 is 2.24 bits per heavy atom. The molecule has 17 heavy (non-hydrogen) atoms. The van der Waals surface area contributed by atoms with Crippen LogP contribution in [-0.2, 0) is 6.54 Å². The third kappa shape index (κ3) is 2.68. The van der Waals surface area contributed by atoms with Crippen molar-refractivity contribution >= 4 is 0 Å². The number of halogens is 1. The van der Waals surface area contributed by atoms with Crippen LogP contribution in [0.3, 0.4) is 0 Å². The third-order valence-corrected chi connectivity index (χ3v) is 2.36. The van der Waals surface area contributed by atoms with Gasteiger partial charge in [-0.2, -0.15) is 4.98 Å². The van der Waals surface area contributed by atoms with Crippen molar-refractivity contribution in [3.63, 3.8) is 0 Å². The molecule has 1 aromatic carbocycles. The van der Waals surface area contributed by atoms with Gasteiger partial charge in [0.15, 0.2) is 0 Å². The molecule has 2 aromatic rings. The van der Waals surface area contributed by atoms with Gasteiger partial charge in [-0.1, -0.05) is 23.7 Å². The number of nitrogens with zero attached hydrogens (tertiary/aromatic N) is 2. The van der Waals surface area contributed by atoms with E-state index in [4.69, 9.17) is 4.52 Å². The van der Waals surface area contributed by atoms with Crippen LogP contribution in [0.15, 0.2) is 22.7 Å². The summed E-state index contributed by atoms with van der Waals surface area (Å²) in [6, 6.07) is 4.82. The molecule has 0 spiro atoms. The van der Waals surface area contributed by atoms with Gasteiger partial charge in [0.05, 0.1) is 12.1 Å². The van der Waals surface area contributed by atoms with E-state index in [1.54, 1.807) is 12.1 Å². The van der Waals surface area contributed by atoms with E-state index in [2.05, 4.69) is 15.5 Å². The number of hydrogen-bond acceptors (Lipinski definition) is 4. The van der Waals surface area contributed by atoms with Gasteiger partial charge in [0.25, 0.3) is 0 Å². The summed E-state index contributed by atoms with van der Waals surface area (Å²) in [5, 5.41) is 6.84. The molecular weight excluding hydrogens is 221 g/mol. The van der Waals surface area contributed by atoms with E-state index in [9.17, 15) is 4.39 Å². The van der Waals surface area contributed by atoms with Crippen LogP contribution < -0.4 is 5.32 Å². The van der Waals surface area contributed by atoms with Crippen LogP contribution in [0.25, 0.3) is 11.4 Å². The molecule has 0 saturated heterocycles. The molecule has 0 atom stereocenters. The van der Waals surface area contributed by atoms with Crippen LogP contribution >= 0.6 is 0 Å². The highest BCUT2D eigenvalue weighted by Crippen LogP contribution is 2.20. The number of benzene rings is 1. The number of rotatable bonds is 4. The maximum atomic E-state index is 13.6. The first kappa shape index (κ1) is 11.7. The highest BCUT2D eigenvalue weighted by atomic mass is 19.1. The molecule has 2 rings (SSSR count). The second-order valence-corrected chi connectivity index (χ2v) is 3.78.